The van der Waals surface area contributed by atoms with Gasteiger partial charge in [0.15, 0.2) is 6.61 Å². The average molecular weight is 317 g/mol. The zero-order chi connectivity index (χ0) is 16.0. The van der Waals surface area contributed by atoms with Crippen LogP contribution in [0.3, 0.4) is 0 Å². The highest BCUT2D eigenvalue weighted by atomic mass is 35.5. The maximum absolute atomic E-state index is 13.4. The quantitative estimate of drug-likeness (QED) is 0.817. The Morgan fingerprint density at radius 2 is 2.00 bits per heavy atom. The number of carbonyl (C=O) groups is 3. The van der Waals surface area contributed by atoms with E-state index in [4.69, 9.17) is 11.6 Å². The highest BCUT2D eigenvalue weighted by Crippen LogP contribution is 2.15. The Bertz CT molecular complexity index is 563. The predicted molar refractivity (Wildman–Crippen MR) is 73.4 cm³/mol. The van der Waals surface area contributed by atoms with Crippen molar-refractivity contribution in [2.45, 2.75) is 0 Å². The summed E-state index contributed by atoms with van der Waals surface area (Å²) in [7, 11) is 3.08. The zero-order valence-corrected chi connectivity index (χ0v) is 12.2. The minimum Gasteiger partial charge on any atom is -0.452 e. The van der Waals surface area contributed by atoms with Gasteiger partial charge in [0, 0.05) is 19.1 Å². The van der Waals surface area contributed by atoms with Gasteiger partial charge >= 0.3 is 5.97 Å². The fraction of sp³-hybridized carbons (Fsp3) is 0.308. The first-order valence-corrected chi connectivity index (χ1v) is 6.28. The smallest absolute Gasteiger partial charge is 0.341 e. The third-order valence-electron chi connectivity index (χ3n) is 2.42. The molecule has 0 unspecified atom stereocenters. The summed E-state index contributed by atoms with van der Waals surface area (Å²) in [6.07, 6.45) is 0. The van der Waals surface area contributed by atoms with E-state index in [2.05, 4.69) is 10.1 Å². The lowest BCUT2D eigenvalue weighted by Gasteiger charge is -2.11. The lowest BCUT2D eigenvalue weighted by Crippen LogP contribution is -2.38. The van der Waals surface area contributed by atoms with Crippen LogP contribution in [0.25, 0.3) is 0 Å². The van der Waals surface area contributed by atoms with Gasteiger partial charge in [0.2, 0.25) is 5.91 Å². The standard InChI is InChI=1S/C13H14ClFN2O4/c1-17(2)12(19)6-16-11(18)7-21-13(20)9-4-3-8(14)5-10(9)15/h3-5H,6-7H2,1-2H3,(H,16,18). The predicted octanol–water partition coefficient (Wildman–Crippen LogP) is 0.840. The molecule has 0 saturated carbocycles. The first-order chi connectivity index (χ1) is 9.81. The molecular formula is C13H14ClFN2O4. The third-order valence-corrected chi connectivity index (χ3v) is 2.66. The molecule has 0 atom stereocenters. The monoisotopic (exact) mass is 316 g/mol. The number of halogens is 2. The number of hydrogen-bond donors (Lipinski definition) is 1. The molecule has 0 aliphatic heterocycles. The van der Waals surface area contributed by atoms with Gasteiger partial charge in [-0.1, -0.05) is 11.6 Å². The third kappa shape index (κ3) is 5.39. The van der Waals surface area contributed by atoms with Crippen molar-refractivity contribution < 1.29 is 23.5 Å². The minimum absolute atomic E-state index is 0.143. The molecule has 1 aromatic carbocycles. The number of ether oxygens (including phenoxy) is 1. The van der Waals surface area contributed by atoms with Crippen molar-refractivity contribution in [3.05, 3.63) is 34.6 Å². The number of nitrogens with one attached hydrogen (secondary N) is 1. The van der Waals surface area contributed by atoms with Gasteiger partial charge in [-0.15, -0.1) is 0 Å². The Labute approximate surface area is 125 Å². The van der Waals surface area contributed by atoms with Crippen LogP contribution >= 0.6 is 11.6 Å². The molecule has 1 aromatic rings. The van der Waals surface area contributed by atoms with Crippen molar-refractivity contribution in [2.24, 2.45) is 0 Å². The van der Waals surface area contributed by atoms with E-state index in [1.54, 1.807) is 0 Å². The van der Waals surface area contributed by atoms with Crippen molar-refractivity contribution in [2.75, 3.05) is 27.2 Å². The van der Waals surface area contributed by atoms with E-state index < -0.39 is 24.3 Å². The molecule has 114 valence electrons. The fourth-order valence-electron chi connectivity index (χ4n) is 1.25. The van der Waals surface area contributed by atoms with Gasteiger partial charge in [-0.25, -0.2) is 9.18 Å². The van der Waals surface area contributed by atoms with Crippen LogP contribution in [0.1, 0.15) is 10.4 Å². The Balaban J connectivity index is 2.46. The molecule has 21 heavy (non-hydrogen) atoms. The molecule has 0 aromatic heterocycles. The van der Waals surface area contributed by atoms with E-state index in [1.165, 1.54) is 25.1 Å². The van der Waals surface area contributed by atoms with Gasteiger partial charge in [0.25, 0.3) is 5.91 Å². The van der Waals surface area contributed by atoms with Crippen molar-refractivity contribution in [1.29, 1.82) is 0 Å². The molecule has 6 nitrogen and oxygen atoms in total. The second kappa shape index (κ2) is 7.58. The van der Waals surface area contributed by atoms with Crippen LogP contribution in [0.4, 0.5) is 4.39 Å². The van der Waals surface area contributed by atoms with Crippen LogP contribution in [0.2, 0.25) is 5.02 Å². The molecular weight excluding hydrogens is 303 g/mol. The van der Waals surface area contributed by atoms with Crippen molar-refractivity contribution in [3.8, 4) is 0 Å². The summed E-state index contributed by atoms with van der Waals surface area (Å²) in [6.45, 7) is -0.819. The molecule has 0 radical (unpaired) electrons. The molecule has 0 aliphatic carbocycles. The number of hydrogen-bond acceptors (Lipinski definition) is 4. The summed E-state index contributed by atoms with van der Waals surface area (Å²) < 4.78 is 18.1. The number of rotatable bonds is 5. The minimum atomic E-state index is -0.988. The van der Waals surface area contributed by atoms with Crippen molar-refractivity contribution >= 4 is 29.4 Å². The van der Waals surface area contributed by atoms with E-state index in [0.29, 0.717) is 0 Å². The first-order valence-electron chi connectivity index (χ1n) is 5.90. The second-order valence-corrected chi connectivity index (χ2v) is 4.70. The lowest BCUT2D eigenvalue weighted by atomic mass is 10.2. The summed E-state index contributed by atoms with van der Waals surface area (Å²) in [5.74, 6) is -2.79. The number of esters is 1. The number of amides is 2. The number of likely N-dealkylation sites (N-methyl/N-ethyl adjacent to an activating group) is 1. The van der Waals surface area contributed by atoms with Gasteiger partial charge in [-0.2, -0.15) is 0 Å². The summed E-state index contributed by atoms with van der Waals surface area (Å²) in [6, 6.07) is 3.46. The van der Waals surface area contributed by atoms with Gasteiger partial charge in [-0.05, 0) is 18.2 Å². The fourth-order valence-corrected chi connectivity index (χ4v) is 1.41. The zero-order valence-electron chi connectivity index (χ0n) is 11.5. The Morgan fingerprint density at radius 1 is 1.33 bits per heavy atom. The van der Waals surface area contributed by atoms with Crippen molar-refractivity contribution in [1.82, 2.24) is 10.2 Å². The Hall–Kier alpha value is -2.15. The van der Waals surface area contributed by atoms with Gasteiger partial charge < -0.3 is 15.0 Å². The molecule has 8 heteroatoms. The molecule has 0 bridgehead atoms. The van der Waals surface area contributed by atoms with Crippen LogP contribution in [-0.2, 0) is 14.3 Å². The molecule has 1 N–H and O–H groups in total. The molecule has 0 aliphatic rings. The molecule has 1 rings (SSSR count). The number of carbonyl (C=O) groups excluding carboxylic acids is 3. The first kappa shape index (κ1) is 16.9. The molecule has 2 amide bonds. The van der Waals surface area contributed by atoms with E-state index in [0.717, 1.165) is 12.1 Å². The SMILES string of the molecule is CN(C)C(=O)CNC(=O)COC(=O)c1ccc(Cl)cc1F. The summed E-state index contributed by atoms with van der Waals surface area (Å²) >= 11 is 5.55. The largest absolute Gasteiger partial charge is 0.452 e. The summed E-state index contributed by atoms with van der Waals surface area (Å²) in [5.41, 5.74) is -0.323. The van der Waals surface area contributed by atoms with Crippen LogP contribution < -0.4 is 5.32 Å². The molecule has 0 heterocycles. The van der Waals surface area contributed by atoms with E-state index in [1.807, 2.05) is 0 Å². The molecule has 0 saturated heterocycles. The average Bonchev–Trinajstić information content (AvgIpc) is 2.41. The van der Waals surface area contributed by atoms with Gasteiger partial charge in [0.1, 0.15) is 5.82 Å². The Kier molecular flexibility index (Phi) is 6.10. The maximum atomic E-state index is 13.4. The lowest BCUT2D eigenvalue weighted by molar-refractivity contribution is -0.131. The van der Waals surface area contributed by atoms with Crippen LogP contribution in [0.15, 0.2) is 18.2 Å². The highest BCUT2D eigenvalue weighted by Gasteiger charge is 2.15. The summed E-state index contributed by atoms with van der Waals surface area (Å²) in [4.78, 5) is 35.5. The van der Waals surface area contributed by atoms with Gasteiger partial charge in [0.05, 0.1) is 12.1 Å². The Morgan fingerprint density at radius 3 is 2.57 bits per heavy atom. The number of nitrogens with zero attached hydrogens (tertiary/aromatic N) is 1. The normalized spacial score (nSPS) is 9.90. The van der Waals surface area contributed by atoms with E-state index in [9.17, 15) is 18.8 Å². The summed E-state index contributed by atoms with van der Waals surface area (Å²) in [5, 5.41) is 2.41. The van der Waals surface area contributed by atoms with E-state index in [-0.39, 0.29) is 23.0 Å². The highest BCUT2D eigenvalue weighted by molar-refractivity contribution is 6.30. The van der Waals surface area contributed by atoms with Crippen LogP contribution in [0, 0.1) is 5.82 Å². The maximum Gasteiger partial charge on any atom is 0.341 e. The second-order valence-electron chi connectivity index (χ2n) is 4.27. The topological polar surface area (TPSA) is 75.7 Å². The van der Waals surface area contributed by atoms with Gasteiger partial charge in [-0.3, -0.25) is 9.59 Å². The molecule has 0 fully saturated rings. The molecule has 0 spiro atoms. The van der Waals surface area contributed by atoms with E-state index >= 15 is 0 Å². The van der Waals surface area contributed by atoms with Crippen LogP contribution in [0.5, 0.6) is 0 Å². The van der Waals surface area contributed by atoms with Crippen molar-refractivity contribution in [3.63, 3.8) is 0 Å². The van der Waals surface area contributed by atoms with Crippen LogP contribution in [-0.4, -0.2) is 49.9 Å². The number of benzene rings is 1.